The van der Waals surface area contributed by atoms with Gasteiger partial charge in [0.2, 0.25) is 17.4 Å². The second-order valence-electron chi connectivity index (χ2n) is 5.71. The van der Waals surface area contributed by atoms with E-state index in [9.17, 15) is 22.4 Å². The number of carbonyl (C=O) groups is 1. The van der Waals surface area contributed by atoms with Crippen molar-refractivity contribution in [1.29, 1.82) is 0 Å². The summed E-state index contributed by atoms with van der Waals surface area (Å²) < 4.78 is 66.8. The van der Waals surface area contributed by atoms with Crippen molar-refractivity contribution in [3.8, 4) is 17.2 Å². The molecule has 0 saturated heterocycles. The quantitative estimate of drug-likeness (QED) is 0.308. The number of hydrogen-bond acceptors (Lipinski definition) is 3. The number of ether oxygens (including phenoxy) is 2. The SMILES string of the molecule is CCC(C)c1cc(I)c(Oc2c(F)c(F)c(C(=O)O)c(F)c2F)c(OC)c1. The van der Waals surface area contributed by atoms with Crippen LogP contribution in [0.25, 0.3) is 0 Å². The normalized spacial score (nSPS) is 12.0. The number of aromatic carboxylic acids is 1. The predicted octanol–water partition coefficient (Wildman–Crippen LogP) is 5.86. The number of methoxy groups -OCH3 is 1. The van der Waals surface area contributed by atoms with Crippen LogP contribution in [0.15, 0.2) is 12.1 Å². The summed E-state index contributed by atoms with van der Waals surface area (Å²) in [7, 11) is 1.31. The fraction of sp³-hybridized carbons (Fsp3) is 0.278. The highest BCUT2D eigenvalue weighted by atomic mass is 127. The van der Waals surface area contributed by atoms with Crippen molar-refractivity contribution >= 4 is 28.6 Å². The fourth-order valence-corrected chi connectivity index (χ4v) is 3.09. The maximum Gasteiger partial charge on any atom is 0.341 e. The topological polar surface area (TPSA) is 55.8 Å². The first-order valence-electron chi connectivity index (χ1n) is 7.78. The van der Waals surface area contributed by atoms with Gasteiger partial charge in [-0.25, -0.2) is 13.6 Å². The van der Waals surface area contributed by atoms with E-state index in [0.29, 0.717) is 3.57 Å². The summed E-state index contributed by atoms with van der Waals surface area (Å²) in [6, 6.07) is 3.29. The molecule has 0 aliphatic rings. The van der Waals surface area contributed by atoms with Crippen molar-refractivity contribution in [1.82, 2.24) is 0 Å². The molecule has 1 unspecified atom stereocenters. The van der Waals surface area contributed by atoms with Gasteiger partial charge >= 0.3 is 5.97 Å². The van der Waals surface area contributed by atoms with Crippen LogP contribution in [0.5, 0.6) is 17.2 Å². The lowest BCUT2D eigenvalue weighted by molar-refractivity contribution is 0.0683. The lowest BCUT2D eigenvalue weighted by Gasteiger charge is -2.17. The van der Waals surface area contributed by atoms with Crippen molar-refractivity contribution in [3.05, 3.63) is 50.1 Å². The second kappa shape index (κ2) is 8.32. The molecule has 1 atom stereocenters. The lowest BCUT2D eigenvalue weighted by Crippen LogP contribution is -2.11. The zero-order valence-corrected chi connectivity index (χ0v) is 16.7. The van der Waals surface area contributed by atoms with Crippen LogP contribution in [0.4, 0.5) is 17.6 Å². The number of carboxylic acid groups (broad SMARTS) is 1. The molecule has 2 rings (SSSR count). The van der Waals surface area contributed by atoms with Crippen LogP contribution in [0, 0.1) is 26.8 Å². The Bertz CT molecular complexity index is 873. The number of hydrogen-bond donors (Lipinski definition) is 1. The van der Waals surface area contributed by atoms with Crippen molar-refractivity contribution in [2.75, 3.05) is 7.11 Å². The van der Waals surface area contributed by atoms with E-state index in [0.717, 1.165) is 12.0 Å². The van der Waals surface area contributed by atoms with Crippen LogP contribution in [-0.4, -0.2) is 18.2 Å². The predicted molar refractivity (Wildman–Crippen MR) is 97.7 cm³/mol. The first kappa shape index (κ1) is 21.3. The zero-order valence-electron chi connectivity index (χ0n) is 14.5. The molecule has 0 heterocycles. The maximum atomic E-state index is 14.2. The smallest absolute Gasteiger partial charge is 0.341 e. The van der Waals surface area contributed by atoms with Crippen molar-refractivity contribution in [2.45, 2.75) is 26.2 Å². The van der Waals surface area contributed by atoms with Crippen LogP contribution in [0.2, 0.25) is 0 Å². The molecule has 146 valence electrons. The summed E-state index contributed by atoms with van der Waals surface area (Å²) in [5.41, 5.74) is -0.850. The number of halogens is 5. The summed E-state index contributed by atoms with van der Waals surface area (Å²) >= 11 is 1.84. The Hall–Kier alpha value is -2.04. The number of benzene rings is 2. The molecule has 0 bridgehead atoms. The van der Waals surface area contributed by atoms with Gasteiger partial charge in [-0.3, -0.25) is 0 Å². The van der Waals surface area contributed by atoms with E-state index in [1.807, 2.05) is 36.4 Å². The molecule has 1 N–H and O–H groups in total. The van der Waals surface area contributed by atoms with Crippen LogP contribution in [0.1, 0.15) is 42.1 Å². The molecule has 4 nitrogen and oxygen atoms in total. The summed E-state index contributed by atoms with van der Waals surface area (Å²) in [5.74, 6) is -11.4. The highest BCUT2D eigenvalue weighted by Gasteiger charge is 2.31. The van der Waals surface area contributed by atoms with Gasteiger partial charge in [-0.05, 0) is 52.6 Å². The Morgan fingerprint density at radius 1 is 1.11 bits per heavy atom. The summed E-state index contributed by atoms with van der Waals surface area (Å²) in [6.45, 7) is 3.95. The van der Waals surface area contributed by atoms with Crippen LogP contribution >= 0.6 is 22.6 Å². The third-order valence-electron chi connectivity index (χ3n) is 4.07. The largest absolute Gasteiger partial charge is 0.493 e. The average Bonchev–Trinajstić information content (AvgIpc) is 2.63. The average molecular weight is 498 g/mol. The van der Waals surface area contributed by atoms with Gasteiger partial charge in [0.05, 0.1) is 10.7 Å². The molecule has 0 radical (unpaired) electrons. The molecule has 2 aromatic rings. The fourth-order valence-electron chi connectivity index (χ4n) is 2.35. The molecular formula is C18H15F4IO4. The van der Waals surface area contributed by atoms with Gasteiger partial charge in [0.15, 0.2) is 23.1 Å². The molecule has 2 aromatic carbocycles. The van der Waals surface area contributed by atoms with Gasteiger partial charge in [0.25, 0.3) is 0 Å². The van der Waals surface area contributed by atoms with Gasteiger partial charge in [-0.1, -0.05) is 13.8 Å². The maximum absolute atomic E-state index is 14.2. The molecule has 0 aliphatic carbocycles. The Balaban J connectivity index is 2.63. The standard InChI is InChI=1S/C18H15F4IO4/c1-4-7(2)8-5-9(23)16(10(6-8)26-3)27-17-14(21)12(19)11(18(24)25)13(20)15(17)22/h5-7H,4H2,1-3H3,(H,24,25). The Kier molecular flexibility index (Phi) is 6.55. The highest BCUT2D eigenvalue weighted by molar-refractivity contribution is 14.1. The minimum atomic E-state index is -2.14. The van der Waals surface area contributed by atoms with Crippen LogP contribution in [-0.2, 0) is 0 Å². The van der Waals surface area contributed by atoms with E-state index in [1.54, 1.807) is 12.1 Å². The first-order chi connectivity index (χ1) is 12.6. The molecule has 0 spiro atoms. The molecule has 0 saturated carbocycles. The van der Waals surface area contributed by atoms with Crippen molar-refractivity contribution in [2.24, 2.45) is 0 Å². The third-order valence-corrected chi connectivity index (χ3v) is 4.88. The number of carboxylic acids is 1. The van der Waals surface area contributed by atoms with E-state index in [4.69, 9.17) is 14.6 Å². The van der Waals surface area contributed by atoms with E-state index < -0.39 is 40.6 Å². The molecule has 0 fully saturated rings. The molecule has 0 aliphatic heterocycles. The summed E-state index contributed by atoms with van der Waals surface area (Å²) in [6.07, 6.45) is 0.829. The molecule has 0 aromatic heterocycles. The summed E-state index contributed by atoms with van der Waals surface area (Å²) in [5, 5.41) is 8.73. The molecule has 9 heteroatoms. The first-order valence-corrected chi connectivity index (χ1v) is 8.86. The number of rotatable bonds is 6. The van der Waals surface area contributed by atoms with E-state index >= 15 is 0 Å². The Labute approximate surface area is 166 Å². The lowest BCUT2D eigenvalue weighted by atomic mass is 9.98. The van der Waals surface area contributed by atoms with E-state index in [2.05, 4.69) is 0 Å². The van der Waals surface area contributed by atoms with Crippen molar-refractivity contribution in [3.63, 3.8) is 0 Å². The van der Waals surface area contributed by atoms with Gasteiger partial charge in [-0.2, -0.15) is 8.78 Å². The minimum Gasteiger partial charge on any atom is -0.493 e. The van der Waals surface area contributed by atoms with Crippen molar-refractivity contribution < 1.29 is 36.9 Å². The second-order valence-corrected chi connectivity index (χ2v) is 6.87. The van der Waals surface area contributed by atoms with E-state index in [1.165, 1.54) is 7.11 Å². The molecule has 27 heavy (non-hydrogen) atoms. The third kappa shape index (κ3) is 3.97. The minimum absolute atomic E-state index is 0.110. The van der Waals surface area contributed by atoms with E-state index in [-0.39, 0.29) is 17.4 Å². The van der Waals surface area contributed by atoms with Gasteiger partial charge in [0, 0.05) is 0 Å². The highest BCUT2D eigenvalue weighted by Crippen LogP contribution is 2.41. The van der Waals surface area contributed by atoms with Gasteiger partial charge in [0.1, 0.15) is 5.56 Å². The summed E-state index contributed by atoms with van der Waals surface area (Å²) in [4.78, 5) is 10.8. The molecular weight excluding hydrogens is 483 g/mol. The van der Waals surface area contributed by atoms with Gasteiger partial charge < -0.3 is 14.6 Å². The van der Waals surface area contributed by atoms with Crippen LogP contribution < -0.4 is 9.47 Å². The van der Waals surface area contributed by atoms with Crippen LogP contribution in [0.3, 0.4) is 0 Å². The Morgan fingerprint density at radius 3 is 2.11 bits per heavy atom. The monoisotopic (exact) mass is 498 g/mol. The van der Waals surface area contributed by atoms with Gasteiger partial charge in [-0.15, -0.1) is 0 Å². The molecule has 0 amide bonds. The Morgan fingerprint density at radius 2 is 1.67 bits per heavy atom. The zero-order chi connectivity index (χ0) is 20.5.